The van der Waals surface area contributed by atoms with Gasteiger partial charge in [0.1, 0.15) is 11.5 Å². The van der Waals surface area contributed by atoms with Crippen LogP contribution in [0.3, 0.4) is 0 Å². The minimum atomic E-state index is -0.659. The summed E-state index contributed by atoms with van der Waals surface area (Å²) in [4.78, 5) is 15.1. The van der Waals surface area contributed by atoms with Gasteiger partial charge in [-0.2, -0.15) is 0 Å². The molecule has 170 valence electrons. The summed E-state index contributed by atoms with van der Waals surface area (Å²) in [5, 5.41) is 6.37. The van der Waals surface area contributed by atoms with Crippen molar-refractivity contribution in [1.29, 1.82) is 0 Å². The van der Waals surface area contributed by atoms with E-state index in [0.717, 1.165) is 48.1 Å². The van der Waals surface area contributed by atoms with Gasteiger partial charge in [0.05, 0.1) is 25.5 Å². The number of rotatable bonds is 7. The number of allylic oxidation sites excluding steroid dienone is 1. The minimum Gasteiger partial charge on any atom is -0.616 e. The molecule has 1 saturated heterocycles. The third kappa shape index (κ3) is 4.72. The second kappa shape index (κ2) is 9.85. The van der Waals surface area contributed by atoms with Crippen molar-refractivity contribution in [3.05, 3.63) is 53.2 Å². The van der Waals surface area contributed by atoms with E-state index in [2.05, 4.69) is 27.7 Å². The second-order valence-corrected chi connectivity index (χ2v) is 9.56. The van der Waals surface area contributed by atoms with Gasteiger partial charge in [0.2, 0.25) is 0 Å². The highest BCUT2D eigenvalue weighted by molar-refractivity contribution is 7.91. The predicted molar refractivity (Wildman–Crippen MR) is 129 cm³/mol. The predicted octanol–water partition coefficient (Wildman–Crippen LogP) is 3.45. The normalized spacial score (nSPS) is 18.2. The third-order valence-corrected chi connectivity index (χ3v) is 7.13. The Morgan fingerprint density at radius 3 is 2.41 bits per heavy atom. The number of ether oxygens (including phenoxy) is 2. The zero-order valence-corrected chi connectivity index (χ0v) is 19.5. The van der Waals surface area contributed by atoms with Crippen LogP contribution in [0.15, 0.2) is 42.1 Å². The van der Waals surface area contributed by atoms with Gasteiger partial charge < -0.3 is 24.7 Å². The van der Waals surface area contributed by atoms with E-state index in [-0.39, 0.29) is 5.91 Å². The number of carbonyl (C=O) groups is 1. The minimum absolute atomic E-state index is 0.140. The molecule has 4 rings (SSSR count). The third-order valence-electron chi connectivity index (χ3n) is 5.85. The smallest absolute Gasteiger partial charge is 0.258 e. The van der Waals surface area contributed by atoms with E-state index in [9.17, 15) is 9.35 Å². The van der Waals surface area contributed by atoms with Crippen molar-refractivity contribution in [2.24, 2.45) is 0 Å². The van der Waals surface area contributed by atoms with Crippen LogP contribution in [0.4, 0.5) is 11.4 Å². The van der Waals surface area contributed by atoms with Crippen LogP contribution in [-0.2, 0) is 22.5 Å². The molecule has 0 spiro atoms. The van der Waals surface area contributed by atoms with Gasteiger partial charge in [-0.3, -0.25) is 9.69 Å². The number of methoxy groups -OCH3 is 2. The first-order valence-electron chi connectivity index (χ1n) is 10.8. The molecule has 0 saturated carbocycles. The zero-order chi connectivity index (χ0) is 22.7. The maximum Gasteiger partial charge on any atom is 0.258 e. The van der Waals surface area contributed by atoms with Crippen molar-refractivity contribution in [3.8, 4) is 11.5 Å². The Balaban J connectivity index is 1.54. The van der Waals surface area contributed by atoms with Crippen LogP contribution >= 0.6 is 0 Å². The number of amides is 1. The van der Waals surface area contributed by atoms with Gasteiger partial charge in [-0.1, -0.05) is 30.2 Å². The summed E-state index contributed by atoms with van der Waals surface area (Å²) in [5.74, 6) is 2.54. The fourth-order valence-electron chi connectivity index (χ4n) is 4.08. The number of nitrogens with one attached hydrogen (secondary N) is 2. The molecule has 0 aliphatic carbocycles. The molecule has 7 nitrogen and oxygen atoms in total. The number of fused-ring (bicyclic) bond motifs is 1. The number of benzene rings is 2. The molecule has 2 N–H and O–H groups in total. The maximum absolute atomic E-state index is 12.8. The number of hydrogen-bond donors (Lipinski definition) is 2. The van der Waals surface area contributed by atoms with E-state index in [4.69, 9.17) is 9.47 Å². The quantitative estimate of drug-likeness (QED) is 0.491. The molecular formula is C24H29N3O4S. The molecule has 1 amide bonds. The summed E-state index contributed by atoms with van der Waals surface area (Å²) in [7, 11) is 3.16. The number of carbonyl (C=O) groups excluding carboxylic acids is 1. The van der Waals surface area contributed by atoms with Crippen molar-refractivity contribution < 1.29 is 18.8 Å². The summed E-state index contributed by atoms with van der Waals surface area (Å²) in [6, 6.07) is 11.9. The lowest BCUT2D eigenvalue weighted by molar-refractivity contribution is -0.110. The van der Waals surface area contributed by atoms with Gasteiger partial charge >= 0.3 is 0 Å². The van der Waals surface area contributed by atoms with Crippen LogP contribution in [0.25, 0.3) is 5.57 Å². The fourth-order valence-corrected chi connectivity index (χ4v) is 5.21. The number of nitrogens with zero attached hydrogens (tertiary/aromatic N) is 1. The summed E-state index contributed by atoms with van der Waals surface area (Å²) in [6.45, 7) is 4.63. The van der Waals surface area contributed by atoms with Gasteiger partial charge in [0.15, 0.2) is 11.5 Å². The summed E-state index contributed by atoms with van der Waals surface area (Å²) in [5.41, 5.74) is 5.13. The fraction of sp³-hybridized carbons (Fsp3) is 0.375. The first-order valence-corrected chi connectivity index (χ1v) is 12.2. The van der Waals surface area contributed by atoms with Crippen LogP contribution in [0.1, 0.15) is 24.5 Å². The number of hydrogen-bond acceptors (Lipinski definition) is 6. The Hall–Kier alpha value is -2.68. The van der Waals surface area contributed by atoms with Crippen molar-refractivity contribution in [2.75, 3.05) is 49.4 Å². The SMILES string of the molecule is CC/C(Nc1ccc(CN2CC[S+]([O-])CC2)cc1)=C1/C(=O)Nc2cc(OC)c(OC)cc21. The van der Waals surface area contributed by atoms with Gasteiger partial charge in [-0.25, -0.2) is 0 Å². The van der Waals surface area contributed by atoms with Gasteiger partial charge in [-0.05, 0) is 30.2 Å². The molecule has 32 heavy (non-hydrogen) atoms. The number of anilines is 2. The van der Waals surface area contributed by atoms with E-state index >= 15 is 0 Å². The van der Waals surface area contributed by atoms with Gasteiger partial charge in [0, 0.05) is 42.6 Å². The summed E-state index contributed by atoms with van der Waals surface area (Å²) >= 11 is -0.659. The first kappa shape index (κ1) is 22.5. The van der Waals surface area contributed by atoms with Crippen molar-refractivity contribution >= 4 is 34.0 Å². The molecule has 0 atom stereocenters. The van der Waals surface area contributed by atoms with Crippen molar-refractivity contribution in [1.82, 2.24) is 4.90 Å². The highest BCUT2D eigenvalue weighted by Gasteiger charge is 2.29. The van der Waals surface area contributed by atoms with Crippen molar-refractivity contribution in [2.45, 2.75) is 19.9 Å². The van der Waals surface area contributed by atoms with Gasteiger partial charge in [-0.15, -0.1) is 0 Å². The molecular weight excluding hydrogens is 426 g/mol. The molecule has 2 aromatic carbocycles. The maximum atomic E-state index is 12.8. The highest BCUT2D eigenvalue weighted by atomic mass is 32.2. The standard InChI is InChI=1S/C24H29N3O4S/c1-4-19(23-18-13-21(30-2)22(31-3)14-20(18)26-24(23)28)25-17-7-5-16(6-8-17)15-27-9-11-32(29)12-10-27/h5-8,13-14,25H,4,9-12,15H2,1-3H3,(H,26,28)/b23-19-. The van der Waals surface area contributed by atoms with E-state index < -0.39 is 11.2 Å². The molecule has 1 fully saturated rings. The summed E-state index contributed by atoms with van der Waals surface area (Å²) in [6.07, 6.45) is 0.670. The second-order valence-electron chi connectivity index (χ2n) is 7.86. The van der Waals surface area contributed by atoms with Crippen LogP contribution in [0.2, 0.25) is 0 Å². The first-order chi connectivity index (χ1) is 15.5. The monoisotopic (exact) mass is 455 g/mol. The van der Waals surface area contributed by atoms with Crippen LogP contribution < -0.4 is 20.1 Å². The topological polar surface area (TPSA) is 85.9 Å². The lowest BCUT2D eigenvalue weighted by Gasteiger charge is -2.28. The molecule has 0 radical (unpaired) electrons. The molecule has 0 bridgehead atoms. The molecule has 2 aliphatic heterocycles. The van der Waals surface area contributed by atoms with Crippen LogP contribution in [0, 0.1) is 0 Å². The van der Waals surface area contributed by atoms with Crippen molar-refractivity contribution in [3.63, 3.8) is 0 Å². The molecule has 2 heterocycles. The van der Waals surface area contributed by atoms with E-state index in [1.165, 1.54) is 5.56 Å². The molecule has 0 aromatic heterocycles. The largest absolute Gasteiger partial charge is 0.616 e. The molecule has 2 aromatic rings. The van der Waals surface area contributed by atoms with E-state index in [0.29, 0.717) is 29.2 Å². The molecule has 2 aliphatic rings. The Labute approximate surface area is 192 Å². The zero-order valence-electron chi connectivity index (χ0n) is 18.7. The Morgan fingerprint density at radius 2 is 1.78 bits per heavy atom. The van der Waals surface area contributed by atoms with Gasteiger partial charge in [0.25, 0.3) is 5.91 Å². The molecule has 0 unspecified atom stereocenters. The average molecular weight is 456 g/mol. The van der Waals surface area contributed by atoms with Crippen LogP contribution in [-0.4, -0.2) is 54.2 Å². The molecule has 8 heteroatoms. The van der Waals surface area contributed by atoms with Crippen LogP contribution in [0.5, 0.6) is 11.5 Å². The van der Waals surface area contributed by atoms with E-state index in [1.807, 2.05) is 25.1 Å². The lowest BCUT2D eigenvalue weighted by atomic mass is 10.0. The Bertz CT molecular complexity index is 1010. The Kier molecular flexibility index (Phi) is 6.93. The Morgan fingerprint density at radius 1 is 1.12 bits per heavy atom. The highest BCUT2D eigenvalue weighted by Crippen LogP contribution is 2.42. The van der Waals surface area contributed by atoms with E-state index in [1.54, 1.807) is 20.3 Å². The summed E-state index contributed by atoms with van der Waals surface area (Å²) < 4.78 is 22.3. The average Bonchev–Trinajstić information content (AvgIpc) is 3.13. The lowest BCUT2D eigenvalue weighted by Crippen LogP contribution is -2.39.